The molecule has 0 unspecified atom stereocenters. The van der Waals surface area contributed by atoms with Crippen molar-refractivity contribution in [3.8, 4) is 6.07 Å². The van der Waals surface area contributed by atoms with Crippen LogP contribution in [0.15, 0.2) is 23.1 Å². The zero-order chi connectivity index (χ0) is 23.8. The maximum atomic E-state index is 13.6. The number of anilines is 1. The third-order valence-corrected chi connectivity index (χ3v) is 7.51. The molecule has 0 aromatic carbocycles. The lowest BCUT2D eigenvalue weighted by atomic mass is 9.77. The molecule has 3 aliphatic rings. The van der Waals surface area contributed by atoms with Crippen LogP contribution in [0.3, 0.4) is 0 Å². The lowest BCUT2D eigenvalue weighted by Gasteiger charge is -2.43. The van der Waals surface area contributed by atoms with Gasteiger partial charge in [-0.3, -0.25) is 14.4 Å². The summed E-state index contributed by atoms with van der Waals surface area (Å²) in [4.78, 5) is 43.0. The molecule has 1 aliphatic heterocycles. The van der Waals surface area contributed by atoms with Crippen molar-refractivity contribution >= 4 is 17.5 Å². The fraction of sp³-hybridized carbons (Fsp3) is 0.680. The molecule has 8 heteroatoms. The highest BCUT2D eigenvalue weighted by Gasteiger charge is 2.48. The molecular formula is C25H35N5O3. The molecule has 3 atom stereocenters. The van der Waals surface area contributed by atoms with Gasteiger partial charge < -0.3 is 19.7 Å². The fourth-order valence-corrected chi connectivity index (χ4v) is 5.29. The van der Waals surface area contributed by atoms with Gasteiger partial charge in [-0.2, -0.15) is 5.26 Å². The molecule has 33 heavy (non-hydrogen) atoms. The van der Waals surface area contributed by atoms with Crippen molar-refractivity contribution in [1.82, 2.24) is 14.8 Å². The van der Waals surface area contributed by atoms with Crippen LogP contribution in [0.1, 0.15) is 65.3 Å². The van der Waals surface area contributed by atoms with Crippen molar-refractivity contribution in [2.24, 2.45) is 11.8 Å². The minimum Gasteiger partial charge on any atom is -0.367 e. The Bertz CT molecular complexity index is 1010. The Kier molecular flexibility index (Phi) is 6.51. The predicted octanol–water partition coefficient (Wildman–Crippen LogP) is 2.45. The summed E-state index contributed by atoms with van der Waals surface area (Å²) in [7, 11) is 0. The molecule has 2 heterocycles. The number of hydrogen-bond acceptors (Lipinski definition) is 5. The summed E-state index contributed by atoms with van der Waals surface area (Å²) in [6.45, 7) is 7.88. The van der Waals surface area contributed by atoms with Gasteiger partial charge in [0.15, 0.2) is 0 Å². The van der Waals surface area contributed by atoms with Crippen LogP contribution in [0, 0.1) is 23.2 Å². The number of aromatic nitrogens is 1. The molecule has 2 aliphatic carbocycles. The normalized spacial score (nSPS) is 26.6. The van der Waals surface area contributed by atoms with E-state index in [1.165, 1.54) is 0 Å². The Morgan fingerprint density at radius 1 is 1.18 bits per heavy atom. The van der Waals surface area contributed by atoms with E-state index in [9.17, 15) is 19.6 Å². The first kappa shape index (κ1) is 23.3. The second-order valence-corrected chi connectivity index (χ2v) is 10.2. The summed E-state index contributed by atoms with van der Waals surface area (Å²) in [5.41, 5.74) is 0.165. The lowest BCUT2D eigenvalue weighted by molar-refractivity contribution is -0.145. The molecule has 0 bridgehead atoms. The van der Waals surface area contributed by atoms with E-state index in [1.54, 1.807) is 10.6 Å². The predicted molar refractivity (Wildman–Crippen MR) is 126 cm³/mol. The highest BCUT2D eigenvalue weighted by atomic mass is 16.2. The quantitative estimate of drug-likeness (QED) is 0.738. The molecule has 1 aromatic rings. The Labute approximate surface area is 195 Å². The molecule has 2 amide bonds. The smallest absolute Gasteiger partial charge is 0.252 e. The van der Waals surface area contributed by atoms with Gasteiger partial charge in [-0.05, 0) is 52.5 Å². The van der Waals surface area contributed by atoms with Crippen LogP contribution in [-0.4, -0.2) is 52.5 Å². The SMILES string of the molecule is CC(C)n1ccc(N2CCN(C(=O)[C@@H]3CCCC[C@H]3C(=O)NC3(C#N)CC3)[C@H](C)C2)cc1=O. The summed E-state index contributed by atoms with van der Waals surface area (Å²) in [6, 6.07) is 5.96. The average Bonchev–Trinajstić information content (AvgIpc) is 3.58. The molecule has 3 fully saturated rings. The number of amides is 2. The van der Waals surface area contributed by atoms with Crippen molar-refractivity contribution in [3.05, 3.63) is 28.7 Å². The van der Waals surface area contributed by atoms with Crippen molar-refractivity contribution < 1.29 is 9.59 Å². The first-order valence-corrected chi connectivity index (χ1v) is 12.3. The van der Waals surface area contributed by atoms with E-state index in [0.29, 0.717) is 38.9 Å². The van der Waals surface area contributed by atoms with Crippen LogP contribution in [0.25, 0.3) is 0 Å². The number of piperazine rings is 1. The van der Waals surface area contributed by atoms with Gasteiger partial charge >= 0.3 is 0 Å². The van der Waals surface area contributed by atoms with Gasteiger partial charge in [0, 0.05) is 61.5 Å². The van der Waals surface area contributed by atoms with Gasteiger partial charge in [0.25, 0.3) is 5.56 Å². The van der Waals surface area contributed by atoms with E-state index in [0.717, 1.165) is 24.9 Å². The minimum absolute atomic E-state index is 0.0155. The highest BCUT2D eigenvalue weighted by molar-refractivity contribution is 5.89. The topological polar surface area (TPSA) is 98.4 Å². The Morgan fingerprint density at radius 2 is 1.88 bits per heavy atom. The Morgan fingerprint density at radius 3 is 2.45 bits per heavy atom. The first-order valence-electron chi connectivity index (χ1n) is 12.3. The number of nitriles is 1. The van der Waals surface area contributed by atoms with E-state index < -0.39 is 5.54 Å². The molecule has 178 valence electrons. The lowest BCUT2D eigenvalue weighted by Crippen LogP contribution is -2.57. The second-order valence-electron chi connectivity index (χ2n) is 10.2. The van der Waals surface area contributed by atoms with Gasteiger partial charge in [-0.25, -0.2) is 0 Å². The summed E-state index contributed by atoms with van der Waals surface area (Å²) in [5.74, 6) is -0.758. The molecule has 0 spiro atoms. The maximum absolute atomic E-state index is 13.6. The van der Waals surface area contributed by atoms with Crippen LogP contribution in [0.4, 0.5) is 5.69 Å². The van der Waals surface area contributed by atoms with Crippen molar-refractivity contribution in [1.29, 1.82) is 5.26 Å². The number of nitrogens with zero attached hydrogens (tertiary/aromatic N) is 4. The number of pyridine rings is 1. The molecule has 1 N–H and O–H groups in total. The minimum atomic E-state index is -0.704. The average molecular weight is 454 g/mol. The second kappa shape index (κ2) is 9.20. The molecule has 1 saturated heterocycles. The Balaban J connectivity index is 1.42. The largest absolute Gasteiger partial charge is 0.367 e. The third-order valence-electron chi connectivity index (χ3n) is 7.51. The standard InChI is InChI=1S/C25H35N5O3/c1-17(2)29-11-8-19(14-22(29)31)28-12-13-30(18(3)15-28)24(33)21-7-5-4-6-20(21)23(32)27-25(16-26)9-10-25/h8,11,14,17-18,20-21H,4-7,9-10,12-13,15H2,1-3H3,(H,27,32)/t18-,20-,21-/m1/s1. The number of nitrogens with one attached hydrogen (secondary N) is 1. The number of carbonyl (C=O) groups is 2. The van der Waals surface area contributed by atoms with Crippen molar-refractivity contribution in [2.75, 3.05) is 24.5 Å². The van der Waals surface area contributed by atoms with E-state index in [1.807, 2.05) is 37.9 Å². The van der Waals surface area contributed by atoms with Crippen molar-refractivity contribution in [3.63, 3.8) is 0 Å². The van der Waals surface area contributed by atoms with Gasteiger partial charge in [-0.1, -0.05) is 12.8 Å². The monoisotopic (exact) mass is 453 g/mol. The highest BCUT2D eigenvalue weighted by Crippen LogP contribution is 2.37. The number of hydrogen-bond donors (Lipinski definition) is 1. The molecule has 8 nitrogen and oxygen atoms in total. The summed E-state index contributed by atoms with van der Waals surface area (Å²) >= 11 is 0. The molecule has 2 saturated carbocycles. The molecular weight excluding hydrogens is 418 g/mol. The first-order chi connectivity index (χ1) is 15.7. The number of rotatable bonds is 5. The van der Waals surface area contributed by atoms with E-state index in [-0.39, 0.29) is 41.3 Å². The summed E-state index contributed by atoms with van der Waals surface area (Å²) < 4.78 is 1.71. The molecule has 0 radical (unpaired) electrons. The maximum Gasteiger partial charge on any atom is 0.252 e. The van der Waals surface area contributed by atoms with Crippen LogP contribution in [-0.2, 0) is 9.59 Å². The van der Waals surface area contributed by atoms with Crippen LogP contribution in [0.5, 0.6) is 0 Å². The summed E-state index contributed by atoms with van der Waals surface area (Å²) in [6.07, 6.45) is 6.53. The van der Waals surface area contributed by atoms with Crippen LogP contribution >= 0.6 is 0 Å². The fourth-order valence-electron chi connectivity index (χ4n) is 5.29. The van der Waals surface area contributed by atoms with E-state index >= 15 is 0 Å². The van der Waals surface area contributed by atoms with Crippen molar-refractivity contribution in [2.45, 2.75) is 76.9 Å². The summed E-state index contributed by atoms with van der Waals surface area (Å²) in [5, 5.41) is 12.3. The molecule has 4 rings (SSSR count). The van der Waals surface area contributed by atoms with Crippen LogP contribution < -0.4 is 15.8 Å². The van der Waals surface area contributed by atoms with E-state index in [4.69, 9.17) is 0 Å². The van der Waals surface area contributed by atoms with Gasteiger partial charge in [0.1, 0.15) is 5.54 Å². The van der Waals surface area contributed by atoms with Gasteiger partial charge in [0.2, 0.25) is 11.8 Å². The van der Waals surface area contributed by atoms with Gasteiger partial charge in [-0.15, -0.1) is 0 Å². The van der Waals surface area contributed by atoms with Gasteiger partial charge in [0.05, 0.1) is 6.07 Å². The zero-order valence-corrected chi connectivity index (χ0v) is 19.9. The Hall–Kier alpha value is -2.82. The third kappa shape index (κ3) is 4.78. The number of carbonyl (C=O) groups excluding carboxylic acids is 2. The van der Waals surface area contributed by atoms with Crippen LogP contribution in [0.2, 0.25) is 0 Å². The van der Waals surface area contributed by atoms with E-state index in [2.05, 4.69) is 16.3 Å². The zero-order valence-electron chi connectivity index (χ0n) is 19.9. The molecule has 1 aromatic heterocycles.